The van der Waals surface area contributed by atoms with Crippen LogP contribution in [0.3, 0.4) is 0 Å². The van der Waals surface area contributed by atoms with Crippen molar-refractivity contribution >= 4 is 38.2 Å². The smallest absolute Gasteiger partial charge is 0.0815 e. The van der Waals surface area contributed by atoms with Crippen LogP contribution in [0.15, 0.2) is 36.0 Å². The molecule has 0 aromatic heterocycles. The molecule has 0 saturated carbocycles. The summed E-state index contributed by atoms with van der Waals surface area (Å²) < 4.78 is 1.22. The summed E-state index contributed by atoms with van der Waals surface area (Å²) in [7, 11) is 0.947. The topological polar surface area (TPSA) is 0 Å². The molecule has 0 bridgehead atoms. The number of rotatable bonds is 3. The highest BCUT2D eigenvalue weighted by atomic mass is 127. The van der Waals surface area contributed by atoms with Gasteiger partial charge in [-0.15, -0.1) is 0 Å². The van der Waals surface area contributed by atoms with Gasteiger partial charge in [0.1, 0.15) is 0 Å². The lowest BCUT2D eigenvalue weighted by atomic mass is 10.2. The minimum absolute atomic E-state index is 0.947. The van der Waals surface area contributed by atoms with Crippen molar-refractivity contribution in [3.05, 3.63) is 41.6 Å². The van der Waals surface area contributed by atoms with Crippen LogP contribution in [-0.2, 0) is 0 Å². The Morgan fingerprint density at radius 1 is 1.27 bits per heavy atom. The van der Waals surface area contributed by atoms with Crippen molar-refractivity contribution in [2.24, 2.45) is 0 Å². The number of hydrogen-bond acceptors (Lipinski definition) is 0. The molecule has 0 nitrogen and oxygen atoms in total. The van der Waals surface area contributed by atoms with Crippen LogP contribution in [0.2, 0.25) is 0 Å². The highest BCUT2D eigenvalue weighted by Crippen LogP contribution is 1.99. The van der Waals surface area contributed by atoms with Gasteiger partial charge in [0, 0.05) is 0 Å². The largest absolute Gasteiger partial charge is 0.0974 e. The third-order valence-corrected chi connectivity index (χ3v) is 3.15. The Morgan fingerprint density at radius 3 is 2.64 bits per heavy atom. The summed E-state index contributed by atoms with van der Waals surface area (Å²) >= 11 is 2.39. The normalized spacial score (nSPS) is 10.6. The second kappa shape index (κ2) is 5.54. The van der Waals surface area contributed by atoms with E-state index in [-0.39, 0.29) is 0 Å². The summed E-state index contributed by atoms with van der Waals surface area (Å²) in [5.41, 5.74) is 3.53. The molecule has 0 aliphatic heterocycles. The molecule has 0 N–H and O–H groups in total. The van der Waals surface area contributed by atoms with E-state index in [1.807, 2.05) is 6.07 Å². The Balaban J connectivity index is 2.50. The standard InChI is InChI=1S/C9H9ISi/c10-8-11-7-6-9-4-2-1-3-5-9/h1-7H,8H2. The maximum absolute atomic E-state index is 2.39. The first-order chi connectivity index (χ1) is 5.43. The molecule has 56 valence electrons. The van der Waals surface area contributed by atoms with E-state index in [9.17, 15) is 0 Å². The number of benzene rings is 1. The minimum Gasteiger partial charge on any atom is -0.0974 e. The molecular weight excluding hydrogens is 263 g/mol. The molecule has 0 amide bonds. The Kier molecular flexibility index (Phi) is 4.53. The molecule has 11 heavy (non-hydrogen) atoms. The van der Waals surface area contributed by atoms with Crippen molar-refractivity contribution in [2.45, 2.75) is 0 Å². The van der Waals surface area contributed by atoms with Gasteiger partial charge in [-0.25, -0.2) is 0 Å². The van der Waals surface area contributed by atoms with E-state index in [0.29, 0.717) is 0 Å². The van der Waals surface area contributed by atoms with E-state index in [2.05, 4.69) is 58.6 Å². The zero-order valence-electron chi connectivity index (χ0n) is 6.13. The van der Waals surface area contributed by atoms with Gasteiger partial charge in [-0.05, 0) is 9.61 Å². The third kappa shape index (κ3) is 3.72. The van der Waals surface area contributed by atoms with Gasteiger partial charge in [0.2, 0.25) is 0 Å². The fourth-order valence-corrected chi connectivity index (χ4v) is 1.93. The summed E-state index contributed by atoms with van der Waals surface area (Å²) in [6, 6.07) is 10.4. The molecule has 0 fully saturated rings. The molecule has 0 aliphatic rings. The summed E-state index contributed by atoms with van der Waals surface area (Å²) in [6.07, 6.45) is 2.18. The van der Waals surface area contributed by atoms with Crippen LogP contribution >= 0.6 is 22.6 Å². The summed E-state index contributed by atoms with van der Waals surface area (Å²) in [6.45, 7) is 0. The van der Waals surface area contributed by atoms with Gasteiger partial charge in [-0.2, -0.15) is 0 Å². The number of hydrogen-bond donors (Lipinski definition) is 0. The van der Waals surface area contributed by atoms with Crippen LogP contribution in [0.5, 0.6) is 0 Å². The predicted molar refractivity (Wildman–Crippen MR) is 60.1 cm³/mol. The van der Waals surface area contributed by atoms with Gasteiger partial charge in [-0.1, -0.05) is 64.7 Å². The number of halogens is 1. The number of alkyl halides is 1. The van der Waals surface area contributed by atoms with Gasteiger partial charge in [-0.3, -0.25) is 0 Å². The van der Waals surface area contributed by atoms with Gasteiger partial charge in [0.05, 0.1) is 9.52 Å². The fourth-order valence-electron chi connectivity index (χ4n) is 0.764. The van der Waals surface area contributed by atoms with Crippen LogP contribution < -0.4 is 0 Å². The van der Waals surface area contributed by atoms with Crippen molar-refractivity contribution in [1.29, 1.82) is 0 Å². The molecule has 2 radical (unpaired) electrons. The van der Waals surface area contributed by atoms with Gasteiger partial charge in [0.25, 0.3) is 0 Å². The third-order valence-electron chi connectivity index (χ3n) is 1.27. The molecule has 1 aromatic carbocycles. The highest BCUT2D eigenvalue weighted by Gasteiger charge is 1.81. The van der Waals surface area contributed by atoms with Crippen LogP contribution in [0.1, 0.15) is 5.56 Å². The predicted octanol–water partition coefficient (Wildman–Crippen LogP) is 2.75. The average molecular weight is 272 g/mol. The molecule has 0 spiro atoms. The molecule has 0 saturated heterocycles. The summed E-state index contributed by atoms with van der Waals surface area (Å²) in [4.78, 5) is 0. The van der Waals surface area contributed by atoms with Crippen molar-refractivity contribution < 1.29 is 0 Å². The molecule has 0 aliphatic carbocycles. The van der Waals surface area contributed by atoms with Crippen molar-refractivity contribution in [3.63, 3.8) is 0 Å². The van der Waals surface area contributed by atoms with E-state index < -0.39 is 0 Å². The lowest BCUT2D eigenvalue weighted by molar-refractivity contribution is 1.66. The van der Waals surface area contributed by atoms with E-state index in [4.69, 9.17) is 0 Å². The highest BCUT2D eigenvalue weighted by molar-refractivity contribution is 14.1. The lowest BCUT2D eigenvalue weighted by Crippen LogP contribution is -1.83. The lowest BCUT2D eigenvalue weighted by Gasteiger charge is -1.88. The molecule has 0 heterocycles. The first-order valence-electron chi connectivity index (χ1n) is 3.44. The van der Waals surface area contributed by atoms with Crippen LogP contribution in [0.4, 0.5) is 0 Å². The maximum Gasteiger partial charge on any atom is 0.0815 e. The average Bonchev–Trinajstić information content (AvgIpc) is 2.07. The fraction of sp³-hybridized carbons (Fsp3) is 0.111. The Labute approximate surface area is 83.7 Å². The van der Waals surface area contributed by atoms with Gasteiger partial charge >= 0.3 is 0 Å². The molecule has 1 rings (SSSR count). The van der Waals surface area contributed by atoms with E-state index >= 15 is 0 Å². The molecule has 2 heteroatoms. The van der Waals surface area contributed by atoms with Crippen LogP contribution in [0.25, 0.3) is 6.08 Å². The van der Waals surface area contributed by atoms with Gasteiger partial charge < -0.3 is 0 Å². The first kappa shape index (κ1) is 9.00. The molecule has 0 atom stereocenters. The Hall–Kier alpha value is -0.0931. The van der Waals surface area contributed by atoms with E-state index in [1.165, 1.54) is 9.61 Å². The second-order valence-electron chi connectivity index (χ2n) is 2.08. The SMILES string of the molecule is IC[Si]C=Cc1ccccc1. The Bertz CT molecular complexity index is 218. The summed E-state index contributed by atoms with van der Waals surface area (Å²) in [5, 5.41) is 0. The maximum atomic E-state index is 2.39. The quantitative estimate of drug-likeness (QED) is 0.451. The minimum atomic E-state index is 0.947. The van der Waals surface area contributed by atoms with Crippen LogP contribution in [0, 0.1) is 0 Å². The zero-order chi connectivity index (χ0) is 7.94. The van der Waals surface area contributed by atoms with E-state index in [1.54, 1.807) is 0 Å². The second-order valence-corrected chi connectivity index (χ2v) is 5.38. The first-order valence-corrected chi connectivity index (χ1v) is 6.25. The van der Waals surface area contributed by atoms with E-state index in [0.717, 1.165) is 9.52 Å². The van der Waals surface area contributed by atoms with Crippen molar-refractivity contribution in [2.75, 3.05) is 4.05 Å². The van der Waals surface area contributed by atoms with Crippen molar-refractivity contribution in [1.82, 2.24) is 0 Å². The molecular formula is C9H9ISi. The van der Waals surface area contributed by atoms with Crippen LogP contribution in [-0.4, -0.2) is 13.6 Å². The monoisotopic (exact) mass is 272 g/mol. The zero-order valence-corrected chi connectivity index (χ0v) is 9.28. The van der Waals surface area contributed by atoms with Gasteiger partial charge in [0.15, 0.2) is 0 Å². The molecule has 1 aromatic rings. The van der Waals surface area contributed by atoms with Crippen molar-refractivity contribution in [3.8, 4) is 0 Å². The molecule has 0 unspecified atom stereocenters. The summed E-state index contributed by atoms with van der Waals surface area (Å²) in [5.74, 6) is 0. The Morgan fingerprint density at radius 2 is 2.00 bits per heavy atom.